The van der Waals surface area contributed by atoms with E-state index in [1.807, 2.05) is 42.3 Å². The maximum absolute atomic E-state index is 12.0. The van der Waals surface area contributed by atoms with Gasteiger partial charge in [-0.25, -0.2) is 9.97 Å². The Morgan fingerprint density at radius 3 is 2.76 bits per heavy atom. The van der Waals surface area contributed by atoms with Crippen molar-refractivity contribution in [1.82, 2.24) is 15.3 Å². The number of amides is 1. The van der Waals surface area contributed by atoms with Crippen LogP contribution in [0.15, 0.2) is 42.7 Å². The van der Waals surface area contributed by atoms with Crippen LogP contribution in [-0.2, 0) is 4.74 Å². The average Bonchev–Trinajstić information content (AvgIpc) is 2.55. The first-order valence-corrected chi connectivity index (χ1v) is 6.60. The van der Waals surface area contributed by atoms with Gasteiger partial charge in [-0.2, -0.15) is 0 Å². The molecule has 0 atom stereocenters. The van der Waals surface area contributed by atoms with E-state index in [9.17, 15) is 4.79 Å². The number of hydrogen-bond acceptors (Lipinski definition) is 5. The largest absolute Gasteiger partial charge is 0.383 e. The molecule has 0 aliphatic rings. The smallest absolute Gasteiger partial charge is 0.270 e. The number of rotatable bonds is 6. The summed E-state index contributed by atoms with van der Waals surface area (Å²) in [5.41, 5.74) is 1.32. The van der Waals surface area contributed by atoms with Crippen molar-refractivity contribution in [3.63, 3.8) is 0 Å². The Morgan fingerprint density at radius 1 is 1.29 bits per heavy atom. The molecule has 0 aliphatic heterocycles. The van der Waals surface area contributed by atoms with E-state index in [2.05, 4.69) is 15.3 Å². The average molecular weight is 286 g/mol. The highest BCUT2D eigenvalue weighted by Crippen LogP contribution is 2.20. The lowest BCUT2D eigenvalue weighted by molar-refractivity contribution is 0.0932. The number of benzene rings is 1. The molecule has 0 saturated carbocycles. The van der Waals surface area contributed by atoms with Crippen LogP contribution in [0.3, 0.4) is 0 Å². The first kappa shape index (κ1) is 14.9. The molecule has 0 radical (unpaired) electrons. The van der Waals surface area contributed by atoms with Crippen LogP contribution in [-0.4, -0.2) is 43.2 Å². The first-order chi connectivity index (χ1) is 10.2. The Kier molecular flexibility index (Phi) is 5.22. The summed E-state index contributed by atoms with van der Waals surface area (Å²) in [6.07, 6.45) is 1.39. The normalized spacial score (nSPS) is 10.2. The van der Waals surface area contributed by atoms with Crippen LogP contribution in [0, 0.1) is 0 Å². The molecule has 0 aliphatic carbocycles. The van der Waals surface area contributed by atoms with Gasteiger partial charge >= 0.3 is 0 Å². The molecule has 1 aromatic carbocycles. The third kappa shape index (κ3) is 4.00. The fraction of sp³-hybridized carbons (Fsp3) is 0.267. The molecule has 1 aromatic heterocycles. The molecule has 1 heterocycles. The minimum atomic E-state index is -0.239. The fourth-order valence-corrected chi connectivity index (χ4v) is 1.80. The molecule has 0 bridgehead atoms. The molecule has 1 N–H and O–H groups in total. The second kappa shape index (κ2) is 7.35. The van der Waals surface area contributed by atoms with E-state index in [1.165, 1.54) is 6.33 Å². The van der Waals surface area contributed by atoms with E-state index in [0.29, 0.717) is 24.7 Å². The number of para-hydroxylation sites is 1. The van der Waals surface area contributed by atoms with Crippen LogP contribution in [0.2, 0.25) is 0 Å². The quantitative estimate of drug-likeness (QED) is 0.817. The lowest BCUT2D eigenvalue weighted by atomic mass is 10.3. The second-order valence-corrected chi connectivity index (χ2v) is 4.40. The van der Waals surface area contributed by atoms with Crippen molar-refractivity contribution in [3.05, 3.63) is 48.4 Å². The van der Waals surface area contributed by atoms with Gasteiger partial charge < -0.3 is 15.0 Å². The van der Waals surface area contributed by atoms with E-state index < -0.39 is 0 Å². The van der Waals surface area contributed by atoms with E-state index in [0.717, 1.165) is 5.69 Å². The highest BCUT2D eigenvalue weighted by Gasteiger charge is 2.11. The van der Waals surface area contributed by atoms with Gasteiger partial charge in [-0.15, -0.1) is 0 Å². The van der Waals surface area contributed by atoms with Gasteiger partial charge in [0, 0.05) is 32.5 Å². The monoisotopic (exact) mass is 286 g/mol. The van der Waals surface area contributed by atoms with E-state index >= 15 is 0 Å². The zero-order valence-corrected chi connectivity index (χ0v) is 12.1. The van der Waals surface area contributed by atoms with Crippen LogP contribution < -0.4 is 10.2 Å². The van der Waals surface area contributed by atoms with E-state index in [4.69, 9.17) is 4.74 Å². The van der Waals surface area contributed by atoms with Gasteiger partial charge in [0.05, 0.1) is 6.61 Å². The lowest BCUT2D eigenvalue weighted by Gasteiger charge is -2.18. The summed E-state index contributed by atoms with van der Waals surface area (Å²) >= 11 is 0. The van der Waals surface area contributed by atoms with Crippen molar-refractivity contribution in [2.45, 2.75) is 0 Å². The van der Waals surface area contributed by atoms with Gasteiger partial charge in [0.15, 0.2) is 0 Å². The summed E-state index contributed by atoms with van der Waals surface area (Å²) in [6.45, 7) is 0.913. The van der Waals surface area contributed by atoms with Crippen LogP contribution >= 0.6 is 0 Å². The van der Waals surface area contributed by atoms with E-state index in [-0.39, 0.29) is 5.91 Å². The van der Waals surface area contributed by atoms with Gasteiger partial charge in [-0.1, -0.05) is 18.2 Å². The molecule has 2 rings (SSSR count). The topological polar surface area (TPSA) is 67.3 Å². The van der Waals surface area contributed by atoms with Crippen molar-refractivity contribution in [3.8, 4) is 0 Å². The van der Waals surface area contributed by atoms with Crippen LogP contribution in [0.1, 0.15) is 10.5 Å². The van der Waals surface area contributed by atoms with Crippen LogP contribution in [0.4, 0.5) is 11.5 Å². The molecular formula is C15H18N4O2. The predicted molar refractivity (Wildman–Crippen MR) is 80.7 cm³/mol. The van der Waals surface area contributed by atoms with Crippen molar-refractivity contribution >= 4 is 17.4 Å². The van der Waals surface area contributed by atoms with Crippen molar-refractivity contribution in [2.75, 3.05) is 32.2 Å². The van der Waals surface area contributed by atoms with Crippen molar-refractivity contribution in [1.29, 1.82) is 0 Å². The number of carbonyl (C=O) groups excluding carboxylic acids is 1. The lowest BCUT2D eigenvalue weighted by Crippen LogP contribution is -2.28. The van der Waals surface area contributed by atoms with Crippen LogP contribution in [0.5, 0.6) is 0 Å². The molecule has 0 unspecified atom stereocenters. The second-order valence-electron chi connectivity index (χ2n) is 4.40. The van der Waals surface area contributed by atoms with Gasteiger partial charge in [-0.05, 0) is 12.1 Å². The molecule has 21 heavy (non-hydrogen) atoms. The third-order valence-corrected chi connectivity index (χ3v) is 2.96. The molecule has 2 aromatic rings. The number of nitrogens with one attached hydrogen (secondary N) is 1. The zero-order chi connectivity index (χ0) is 15.1. The Hall–Kier alpha value is -2.47. The zero-order valence-electron chi connectivity index (χ0n) is 12.1. The van der Waals surface area contributed by atoms with Gasteiger partial charge in [0.25, 0.3) is 5.91 Å². The minimum Gasteiger partial charge on any atom is -0.383 e. The highest BCUT2D eigenvalue weighted by molar-refractivity contribution is 5.93. The van der Waals surface area contributed by atoms with Crippen LogP contribution in [0.25, 0.3) is 0 Å². The summed E-state index contributed by atoms with van der Waals surface area (Å²) < 4.78 is 4.89. The number of ether oxygens (including phenoxy) is 1. The third-order valence-electron chi connectivity index (χ3n) is 2.96. The SMILES string of the molecule is COCCNC(=O)c1cc(N(C)c2ccccc2)ncn1. The summed E-state index contributed by atoms with van der Waals surface area (Å²) in [4.78, 5) is 22.1. The molecule has 6 nitrogen and oxygen atoms in total. The van der Waals surface area contributed by atoms with Crippen molar-refractivity contribution < 1.29 is 9.53 Å². The number of carbonyl (C=O) groups is 1. The summed E-state index contributed by atoms with van der Waals surface area (Å²) in [5, 5.41) is 2.73. The number of nitrogens with zero attached hydrogens (tertiary/aromatic N) is 3. The van der Waals surface area contributed by atoms with Gasteiger partial charge in [0.2, 0.25) is 0 Å². The molecule has 0 spiro atoms. The predicted octanol–water partition coefficient (Wildman–Crippen LogP) is 1.62. The summed E-state index contributed by atoms with van der Waals surface area (Å²) in [5.74, 6) is 0.422. The van der Waals surface area contributed by atoms with Gasteiger partial charge in [0.1, 0.15) is 17.8 Å². The Bertz CT molecular complexity index is 589. The Balaban J connectivity index is 2.12. The first-order valence-electron chi connectivity index (χ1n) is 6.60. The number of methoxy groups -OCH3 is 1. The van der Waals surface area contributed by atoms with Gasteiger partial charge in [-0.3, -0.25) is 4.79 Å². The molecule has 0 fully saturated rings. The van der Waals surface area contributed by atoms with Crippen molar-refractivity contribution in [2.24, 2.45) is 0 Å². The fourth-order valence-electron chi connectivity index (χ4n) is 1.80. The number of anilines is 2. The summed E-state index contributed by atoms with van der Waals surface area (Å²) in [6, 6.07) is 11.5. The minimum absolute atomic E-state index is 0.239. The molecule has 0 saturated heterocycles. The van der Waals surface area contributed by atoms with E-state index in [1.54, 1.807) is 13.2 Å². The standard InChI is InChI=1S/C15H18N4O2/c1-19(12-6-4-3-5-7-12)14-10-13(17-11-18-14)15(20)16-8-9-21-2/h3-7,10-11H,8-9H2,1-2H3,(H,16,20). The molecule has 6 heteroatoms. The number of hydrogen-bond donors (Lipinski definition) is 1. The molecular weight excluding hydrogens is 268 g/mol. The number of aromatic nitrogens is 2. The maximum atomic E-state index is 12.0. The Labute approximate surface area is 123 Å². The highest BCUT2D eigenvalue weighted by atomic mass is 16.5. The maximum Gasteiger partial charge on any atom is 0.270 e. The Morgan fingerprint density at radius 2 is 2.05 bits per heavy atom. The summed E-state index contributed by atoms with van der Waals surface area (Å²) in [7, 11) is 3.48. The molecule has 1 amide bonds. The molecule has 110 valence electrons.